The lowest BCUT2D eigenvalue weighted by molar-refractivity contribution is 0.472. The van der Waals surface area contributed by atoms with Crippen LogP contribution in [-0.2, 0) is 12.8 Å². The first kappa shape index (κ1) is 15.0. The van der Waals surface area contributed by atoms with Gasteiger partial charge in [-0.15, -0.1) is 0 Å². The topological polar surface area (TPSA) is 78.3 Å². The summed E-state index contributed by atoms with van der Waals surface area (Å²) in [5, 5.41) is 22.7. The molecule has 6 heteroatoms. The molecule has 5 nitrogen and oxygen atoms in total. The minimum absolute atomic E-state index is 0.147. The van der Waals surface area contributed by atoms with Crippen LogP contribution < -0.4 is 5.32 Å². The molecule has 4 rings (SSSR count). The van der Waals surface area contributed by atoms with Crippen molar-refractivity contribution in [1.82, 2.24) is 9.97 Å². The second-order valence-corrected chi connectivity index (χ2v) is 6.55. The maximum Gasteiger partial charge on any atom is 0.227 e. The van der Waals surface area contributed by atoms with Gasteiger partial charge in [0, 0.05) is 23.5 Å². The summed E-state index contributed by atoms with van der Waals surface area (Å²) in [6.07, 6.45) is 3.61. The van der Waals surface area contributed by atoms with Gasteiger partial charge in [-0.05, 0) is 64.2 Å². The van der Waals surface area contributed by atoms with Crippen molar-refractivity contribution in [2.24, 2.45) is 0 Å². The molecule has 0 unspecified atom stereocenters. The molecule has 0 amide bonds. The highest BCUT2D eigenvalue weighted by Crippen LogP contribution is 2.35. The van der Waals surface area contributed by atoms with E-state index in [0.717, 1.165) is 29.7 Å². The van der Waals surface area contributed by atoms with E-state index in [2.05, 4.69) is 31.2 Å². The fraction of sp³-hybridized carbons (Fsp3) is 0.111. The Hall–Kier alpha value is -2.60. The number of rotatable bonds is 2. The molecular formula is C18H14BrN3O2. The normalized spacial score (nSPS) is 12.4. The third-order valence-corrected chi connectivity index (χ3v) is 4.75. The van der Waals surface area contributed by atoms with E-state index in [1.165, 1.54) is 5.56 Å². The number of aromatic nitrogens is 2. The van der Waals surface area contributed by atoms with Gasteiger partial charge in [0.05, 0.1) is 10.2 Å². The molecule has 0 radical (unpaired) electrons. The lowest BCUT2D eigenvalue weighted by Gasteiger charge is -2.19. The zero-order chi connectivity index (χ0) is 16.7. The maximum atomic E-state index is 9.78. The lowest BCUT2D eigenvalue weighted by Crippen LogP contribution is -2.08. The Labute approximate surface area is 147 Å². The summed E-state index contributed by atoms with van der Waals surface area (Å²) >= 11 is 3.26. The first-order valence-electron chi connectivity index (χ1n) is 7.54. The number of nitrogens with one attached hydrogen (secondary N) is 1. The van der Waals surface area contributed by atoms with Crippen LogP contribution in [0.1, 0.15) is 11.1 Å². The number of anilines is 2. The van der Waals surface area contributed by atoms with E-state index in [4.69, 9.17) is 0 Å². The molecule has 0 fully saturated rings. The van der Waals surface area contributed by atoms with Gasteiger partial charge in [0.25, 0.3) is 0 Å². The summed E-state index contributed by atoms with van der Waals surface area (Å²) in [6, 6.07) is 10.6. The standard InChI is InChI=1S/C18H14BrN3O2/c19-15-6-4-12(7-16(15)24)21-18-20-9-11-2-1-10-3-5-13(23)8-14(10)17(11)22-18/h3-9,23-24H,1-2H2,(H,20,21,22). The number of nitrogens with zero attached hydrogens (tertiary/aromatic N) is 2. The molecule has 1 heterocycles. The van der Waals surface area contributed by atoms with Gasteiger partial charge in [-0.1, -0.05) is 6.07 Å². The Kier molecular flexibility index (Phi) is 3.61. The van der Waals surface area contributed by atoms with Crippen LogP contribution in [0.2, 0.25) is 0 Å². The molecule has 0 saturated heterocycles. The molecule has 3 aromatic rings. The van der Waals surface area contributed by atoms with E-state index in [1.54, 1.807) is 24.3 Å². The first-order chi connectivity index (χ1) is 11.6. The van der Waals surface area contributed by atoms with Crippen LogP contribution in [0.15, 0.2) is 47.1 Å². The lowest BCUT2D eigenvalue weighted by atomic mass is 9.90. The maximum absolute atomic E-state index is 9.78. The number of hydrogen-bond acceptors (Lipinski definition) is 5. The number of phenols is 2. The van der Waals surface area contributed by atoms with Gasteiger partial charge in [-0.25, -0.2) is 9.97 Å². The average Bonchev–Trinajstić information content (AvgIpc) is 2.58. The van der Waals surface area contributed by atoms with Gasteiger partial charge < -0.3 is 15.5 Å². The smallest absolute Gasteiger partial charge is 0.227 e. The van der Waals surface area contributed by atoms with Gasteiger partial charge in [0.15, 0.2) is 0 Å². The van der Waals surface area contributed by atoms with Crippen molar-refractivity contribution in [3.63, 3.8) is 0 Å². The van der Waals surface area contributed by atoms with Crippen LogP contribution in [0.3, 0.4) is 0 Å². The van der Waals surface area contributed by atoms with E-state index in [-0.39, 0.29) is 11.5 Å². The summed E-state index contributed by atoms with van der Waals surface area (Å²) in [7, 11) is 0. The Morgan fingerprint density at radius 1 is 1.00 bits per heavy atom. The number of benzene rings is 2. The van der Waals surface area contributed by atoms with Crippen LogP contribution in [0.4, 0.5) is 11.6 Å². The Morgan fingerprint density at radius 2 is 1.83 bits per heavy atom. The highest BCUT2D eigenvalue weighted by atomic mass is 79.9. The van der Waals surface area contributed by atoms with Crippen molar-refractivity contribution in [2.45, 2.75) is 12.8 Å². The summed E-state index contributed by atoms with van der Waals surface area (Å²) in [5.41, 5.74) is 4.72. The molecule has 24 heavy (non-hydrogen) atoms. The number of aryl methyl sites for hydroxylation is 2. The largest absolute Gasteiger partial charge is 0.508 e. The Morgan fingerprint density at radius 3 is 2.67 bits per heavy atom. The van der Waals surface area contributed by atoms with Gasteiger partial charge in [-0.3, -0.25) is 0 Å². The molecule has 0 spiro atoms. The predicted molar refractivity (Wildman–Crippen MR) is 95.6 cm³/mol. The van der Waals surface area contributed by atoms with Crippen LogP contribution in [0.25, 0.3) is 11.3 Å². The van der Waals surface area contributed by atoms with E-state index in [0.29, 0.717) is 16.1 Å². The highest BCUT2D eigenvalue weighted by molar-refractivity contribution is 9.10. The molecule has 0 aliphatic heterocycles. The molecule has 0 saturated carbocycles. The van der Waals surface area contributed by atoms with E-state index >= 15 is 0 Å². The van der Waals surface area contributed by atoms with Crippen LogP contribution in [0.5, 0.6) is 11.5 Å². The van der Waals surface area contributed by atoms with Crippen molar-refractivity contribution in [3.05, 3.63) is 58.2 Å². The van der Waals surface area contributed by atoms with Crippen molar-refractivity contribution in [2.75, 3.05) is 5.32 Å². The number of phenolic OH excluding ortho intramolecular Hbond substituents is 2. The van der Waals surface area contributed by atoms with Gasteiger partial charge in [-0.2, -0.15) is 0 Å². The molecule has 1 aliphatic rings. The van der Waals surface area contributed by atoms with E-state index < -0.39 is 0 Å². The Balaban J connectivity index is 1.73. The quantitative estimate of drug-likeness (QED) is 0.619. The number of aromatic hydroxyl groups is 2. The molecule has 3 N–H and O–H groups in total. The molecular weight excluding hydrogens is 370 g/mol. The van der Waals surface area contributed by atoms with Crippen molar-refractivity contribution in [1.29, 1.82) is 0 Å². The van der Waals surface area contributed by atoms with Crippen LogP contribution in [0, 0.1) is 0 Å². The van der Waals surface area contributed by atoms with Crippen molar-refractivity contribution >= 4 is 27.6 Å². The van der Waals surface area contributed by atoms with Gasteiger partial charge in [0.2, 0.25) is 5.95 Å². The zero-order valence-electron chi connectivity index (χ0n) is 12.6. The van der Waals surface area contributed by atoms with Gasteiger partial charge in [0.1, 0.15) is 11.5 Å². The number of halogens is 1. The molecule has 120 valence electrons. The van der Waals surface area contributed by atoms with Crippen molar-refractivity contribution in [3.8, 4) is 22.8 Å². The third kappa shape index (κ3) is 2.69. The zero-order valence-corrected chi connectivity index (χ0v) is 14.2. The highest BCUT2D eigenvalue weighted by Gasteiger charge is 2.19. The molecule has 0 atom stereocenters. The van der Waals surface area contributed by atoms with Crippen molar-refractivity contribution < 1.29 is 10.2 Å². The van der Waals surface area contributed by atoms with E-state index in [1.807, 2.05) is 18.3 Å². The van der Waals surface area contributed by atoms with Gasteiger partial charge >= 0.3 is 0 Å². The number of fused-ring (bicyclic) bond motifs is 3. The summed E-state index contributed by atoms with van der Waals surface area (Å²) in [5.74, 6) is 0.826. The summed E-state index contributed by atoms with van der Waals surface area (Å²) < 4.78 is 0.629. The van der Waals surface area contributed by atoms with E-state index in [9.17, 15) is 10.2 Å². The fourth-order valence-corrected chi connectivity index (χ4v) is 3.12. The Bertz CT molecular complexity index is 944. The van der Waals surface area contributed by atoms with Crippen LogP contribution in [-0.4, -0.2) is 20.2 Å². The predicted octanol–water partition coefficient (Wildman–Crippen LogP) is 4.16. The minimum atomic E-state index is 0.147. The second kappa shape index (κ2) is 5.79. The average molecular weight is 384 g/mol. The molecule has 1 aromatic heterocycles. The number of hydrogen-bond donors (Lipinski definition) is 3. The first-order valence-corrected chi connectivity index (χ1v) is 8.33. The minimum Gasteiger partial charge on any atom is -0.508 e. The summed E-state index contributed by atoms with van der Waals surface area (Å²) in [6.45, 7) is 0. The molecule has 1 aliphatic carbocycles. The molecule has 2 aromatic carbocycles. The molecule has 0 bridgehead atoms. The monoisotopic (exact) mass is 383 g/mol. The second-order valence-electron chi connectivity index (χ2n) is 5.70. The fourth-order valence-electron chi connectivity index (χ4n) is 2.87. The summed E-state index contributed by atoms with van der Waals surface area (Å²) in [4.78, 5) is 8.97. The third-order valence-electron chi connectivity index (χ3n) is 4.08. The van der Waals surface area contributed by atoms with Crippen LogP contribution >= 0.6 is 15.9 Å². The SMILES string of the molecule is Oc1ccc2c(c1)-c1nc(Nc3ccc(Br)c(O)c3)ncc1CC2.